The van der Waals surface area contributed by atoms with Gasteiger partial charge in [0.25, 0.3) is 5.56 Å². The zero-order chi connectivity index (χ0) is 21.6. The van der Waals surface area contributed by atoms with Gasteiger partial charge in [-0.1, -0.05) is 76.6 Å². The predicted octanol–water partition coefficient (Wildman–Crippen LogP) is 4.91. The molecule has 0 bridgehead atoms. The van der Waals surface area contributed by atoms with Crippen LogP contribution in [0.3, 0.4) is 0 Å². The summed E-state index contributed by atoms with van der Waals surface area (Å²) in [7, 11) is 0. The SMILES string of the molecule is O=C(Cn1nc(-c2ccc(Br)cc2)ccc1=O)N(Cc1ccccc1)c1ccccc1. The van der Waals surface area contributed by atoms with Crippen LogP contribution in [0.1, 0.15) is 5.56 Å². The second-order valence-corrected chi connectivity index (χ2v) is 7.94. The van der Waals surface area contributed by atoms with Gasteiger partial charge in [0.2, 0.25) is 5.91 Å². The molecule has 0 atom stereocenters. The average molecular weight is 474 g/mol. The molecule has 6 heteroatoms. The van der Waals surface area contributed by atoms with Crippen LogP contribution in [0, 0.1) is 0 Å². The molecule has 0 radical (unpaired) electrons. The maximum atomic E-state index is 13.3. The van der Waals surface area contributed by atoms with Crippen LogP contribution in [0.4, 0.5) is 5.69 Å². The van der Waals surface area contributed by atoms with Gasteiger partial charge in [0, 0.05) is 21.8 Å². The molecule has 4 aromatic rings. The molecule has 0 spiro atoms. The molecule has 31 heavy (non-hydrogen) atoms. The first-order chi connectivity index (χ1) is 15.1. The van der Waals surface area contributed by atoms with Gasteiger partial charge >= 0.3 is 0 Å². The van der Waals surface area contributed by atoms with Crippen LogP contribution in [-0.2, 0) is 17.9 Å². The minimum Gasteiger partial charge on any atom is -0.306 e. The van der Waals surface area contributed by atoms with Crippen molar-refractivity contribution < 1.29 is 4.79 Å². The molecule has 5 nitrogen and oxygen atoms in total. The lowest BCUT2D eigenvalue weighted by Crippen LogP contribution is -2.37. The Labute approximate surface area is 188 Å². The lowest BCUT2D eigenvalue weighted by atomic mass is 10.1. The van der Waals surface area contributed by atoms with Crippen molar-refractivity contribution >= 4 is 27.5 Å². The van der Waals surface area contributed by atoms with E-state index in [9.17, 15) is 9.59 Å². The number of nitrogens with zero attached hydrogens (tertiary/aromatic N) is 3. The van der Waals surface area contributed by atoms with Crippen LogP contribution < -0.4 is 10.5 Å². The third-order valence-electron chi connectivity index (χ3n) is 4.84. The summed E-state index contributed by atoms with van der Waals surface area (Å²) < 4.78 is 2.18. The van der Waals surface area contributed by atoms with E-state index in [-0.39, 0.29) is 18.0 Å². The van der Waals surface area contributed by atoms with Crippen molar-refractivity contribution in [2.45, 2.75) is 13.1 Å². The Hall–Kier alpha value is -3.51. The molecule has 0 fully saturated rings. The third-order valence-corrected chi connectivity index (χ3v) is 5.37. The Morgan fingerprint density at radius 2 is 1.48 bits per heavy atom. The topological polar surface area (TPSA) is 55.2 Å². The highest BCUT2D eigenvalue weighted by Crippen LogP contribution is 2.20. The first-order valence-corrected chi connectivity index (χ1v) is 10.6. The molecule has 1 heterocycles. The number of amides is 1. The monoisotopic (exact) mass is 473 g/mol. The number of aromatic nitrogens is 2. The third kappa shape index (κ3) is 5.16. The molecule has 1 aromatic heterocycles. The van der Waals surface area contributed by atoms with Crippen LogP contribution in [-0.4, -0.2) is 15.7 Å². The Bertz CT molecular complexity index is 1220. The smallest absolute Gasteiger partial charge is 0.267 e. The molecular formula is C25H20BrN3O2. The first kappa shape index (κ1) is 20.8. The number of para-hydroxylation sites is 1. The molecule has 0 saturated carbocycles. The highest BCUT2D eigenvalue weighted by atomic mass is 79.9. The summed E-state index contributed by atoms with van der Waals surface area (Å²) >= 11 is 3.42. The molecule has 4 rings (SSSR count). The fourth-order valence-corrected chi connectivity index (χ4v) is 3.51. The van der Waals surface area contributed by atoms with Crippen LogP contribution >= 0.6 is 15.9 Å². The zero-order valence-electron chi connectivity index (χ0n) is 16.7. The average Bonchev–Trinajstić information content (AvgIpc) is 2.81. The summed E-state index contributed by atoms with van der Waals surface area (Å²) in [5, 5.41) is 4.44. The maximum absolute atomic E-state index is 13.3. The second-order valence-electron chi connectivity index (χ2n) is 7.02. The van der Waals surface area contributed by atoms with E-state index in [1.165, 1.54) is 10.7 Å². The van der Waals surface area contributed by atoms with Crippen LogP contribution in [0.5, 0.6) is 0 Å². The molecule has 0 aliphatic carbocycles. The Morgan fingerprint density at radius 1 is 0.839 bits per heavy atom. The molecule has 0 aliphatic rings. The normalized spacial score (nSPS) is 10.6. The standard InChI is InChI=1S/C25H20BrN3O2/c26-21-13-11-20(12-14-21)23-15-16-24(30)29(27-23)18-25(31)28(22-9-5-2-6-10-22)17-19-7-3-1-4-8-19/h1-16H,17-18H2. The molecule has 1 amide bonds. The molecule has 154 valence electrons. The van der Waals surface area contributed by atoms with Crippen molar-refractivity contribution in [2.24, 2.45) is 0 Å². The predicted molar refractivity (Wildman–Crippen MR) is 126 cm³/mol. The number of hydrogen-bond acceptors (Lipinski definition) is 3. The van der Waals surface area contributed by atoms with Gasteiger partial charge in [-0.15, -0.1) is 0 Å². The van der Waals surface area contributed by atoms with Crippen molar-refractivity contribution in [2.75, 3.05) is 4.90 Å². The molecule has 0 saturated heterocycles. The first-order valence-electron chi connectivity index (χ1n) is 9.83. The number of rotatable bonds is 6. The Kier molecular flexibility index (Phi) is 6.38. The van der Waals surface area contributed by atoms with E-state index < -0.39 is 0 Å². The summed E-state index contributed by atoms with van der Waals surface area (Å²) in [6.45, 7) is 0.260. The van der Waals surface area contributed by atoms with E-state index in [1.54, 1.807) is 11.0 Å². The van der Waals surface area contributed by atoms with E-state index in [0.717, 1.165) is 21.3 Å². The number of benzene rings is 3. The summed E-state index contributed by atoms with van der Waals surface area (Å²) in [6.07, 6.45) is 0. The van der Waals surface area contributed by atoms with Crippen molar-refractivity contribution in [1.29, 1.82) is 0 Å². The second kappa shape index (κ2) is 9.53. The van der Waals surface area contributed by atoms with Gasteiger partial charge in [-0.2, -0.15) is 5.10 Å². The number of anilines is 1. The van der Waals surface area contributed by atoms with E-state index in [0.29, 0.717) is 12.2 Å². The van der Waals surface area contributed by atoms with Gasteiger partial charge in [-0.05, 0) is 35.9 Å². The summed E-state index contributed by atoms with van der Waals surface area (Å²) in [5.41, 5.74) is 2.96. The van der Waals surface area contributed by atoms with E-state index in [1.807, 2.05) is 84.9 Å². The van der Waals surface area contributed by atoms with Crippen molar-refractivity contribution in [3.05, 3.63) is 117 Å². The zero-order valence-corrected chi connectivity index (χ0v) is 18.3. The molecule has 3 aromatic carbocycles. The summed E-state index contributed by atoms with van der Waals surface area (Å²) in [4.78, 5) is 27.4. The quantitative estimate of drug-likeness (QED) is 0.399. The Balaban J connectivity index is 1.63. The Morgan fingerprint density at radius 3 is 2.16 bits per heavy atom. The van der Waals surface area contributed by atoms with Crippen LogP contribution in [0.25, 0.3) is 11.3 Å². The van der Waals surface area contributed by atoms with Gasteiger partial charge in [0.1, 0.15) is 6.54 Å². The van der Waals surface area contributed by atoms with Gasteiger partial charge in [0.05, 0.1) is 12.2 Å². The van der Waals surface area contributed by atoms with Gasteiger partial charge in [-0.25, -0.2) is 4.68 Å². The minimum atomic E-state index is -0.318. The summed E-state index contributed by atoms with van der Waals surface area (Å²) in [5.74, 6) is -0.211. The fraction of sp³-hybridized carbons (Fsp3) is 0.0800. The maximum Gasteiger partial charge on any atom is 0.267 e. The van der Waals surface area contributed by atoms with Gasteiger partial charge in [0.15, 0.2) is 0 Å². The van der Waals surface area contributed by atoms with Gasteiger partial charge < -0.3 is 4.90 Å². The van der Waals surface area contributed by atoms with Crippen LogP contribution in [0.2, 0.25) is 0 Å². The van der Waals surface area contributed by atoms with E-state index in [2.05, 4.69) is 21.0 Å². The van der Waals surface area contributed by atoms with Crippen molar-refractivity contribution in [3.8, 4) is 11.3 Å². The lowest BCUT2D eigenvalue weighted by molar-refractivity contribution is -0.119. The van der Waals surface area contributed by atoms with Crippen LogP contribution in [0.15, 0.2) is 106 Å². The van der Waals surface area contributed by atoms with E-state index in [4.69, 9.17) is 0 Å². The molecular weight excluding hydrogens is 454 g/mol. The van der Waals surface area contributed by atoms with Crippen molar-refractivity contribution in [3.63, 3.8) is 0 Å². The molecule has 0 unspecified atom stereocenters. The highest BCUT2D eigenvalue weighted by Gasteiger charge is 2.18. The fourth-order valence-electron chi connectivity index (χ4n) is 3.25. The number of carbonyl (C=O) groups is 1. The van der Waals surface area contributed by atoms with Gasteiger partial charge in [-0.3, -0.25) is 9.59 Å². The van der Waals surface area contributed by atoms with Crippen molar-refractivity contribution in [1.82, 2.24) is 9.78 Å². The minimum absolute atomic E-state index is 0.148. The number of hydrogen-bond donors (Lipinski definition) is 0. The largest absolute Gasteiger partial charge is 0.306 e. The number of halogens is 1. The van der Waals surface area contributed by atoms with E-state index >= 15 is 0 Å². The highest BCUT2D eigenvalue weighted by molar-refractivity contribution is 9.10. The molecule has 0 aliphatic heterocycles. The summed E-state index contributed by atoms with van der Waals surface area (Å²) in [6, 6.07) is 30.0. The lowest BCUT2D eigenvalue weighted by Gasteiger charge is -2.23. The molecule has 0 N–H and O–H groups in total. The number of carbonyl (C=O) groups excluding carboxylic acids is 1.